The largest absolute Gasteiger partial charge is 0.339 e. The molecule has 0 spiro atoms. The molecule has 1 fully saturated rings. The van der Waals surface area contributed by atoms with Crippen LogP contribution in [-0.2, 0) is 14.8 Å². The Hall–Kier alpha value is -2.00. The molecule has 3 heterocycles. The molecular formula is C12H14N4O4S. The van der Waals surface area contributed by atoms with E-state index in [1.54, 1.807) is 4.90 Å². The Morgan fingerprint density at radius 1 is 1.33 bits per heavy atom. The van der Waals surface area contributed by atoms with E-state index < -0.39 is 22.5 Å². The third-order valence-corrected chi connectivity index (χ3v) is 5.20. The quantitative estimate of drug-likeness (QED) is 0.725. The second kappa shape index (κ2) is 5.08. The fraction of sp³-hybridized carbons (Fsp3) is 0.417. The number of carbonyl (C=O) groups excluding carboxylic acids is 2. The van der Waals surface area contributed by atoms with E-state index in [2.05, 4.69) is 10.3 Å². The van der Waals surface area contributed by atoms with Crippen molar-refractivity contribution in [3.8, 4) is 0 Å². The predicted octanol–water partition coefficient (Wildman–Crippen LogP) is -1.34. The van der Waals surface area contributed by atoms with Crippen molar-refractivity contribution in [1.29, 1.82) is 0 Å². The van der Waals surface area contributed by atoms with E-state index in [0.717, 1.165) is 0 Å². The van der Waals surface area contributed by atoms with Crippen molar-refractivity contribution in [2.45, 2.75) is 5.03 Å². The van der Waals surface area contributed by atoms with E-state index >= 15 is 0 Å². The zero-order chi connectivity index (χ0) is 15.0. The smallest absolute Gasteiger partial charge is 0.285 e. The first-order valence-corrected chi connectivity index (χ1v) is 7.96. The fourth-order valence-corrected chi connectivity index (χ4v) is 3.83. The average molecular weight is 310 g/mol. The van der Waals surface area contributed by atoms with Crippen molar-refractivity contribution in [2.75, 3.05) is 32.7 Å². The minimum atomic E-state index is -4.02. The summed E-state index contributed by atoms with van der Waals surface area (Å²) in [6.45, 7) is 1.86. The van der Waals surface area contributed by atoms with Gasteiger partial charge in [-0.2, -0.15) is 8.42 Å². The number of hydrogen-bond donors (Lipinski definition) is 1. The van der Waals surface area contributed by atoms with E-state index in [9.17, 15) is 18.0 Å². The normalized spacial score (nSPS) is 20.5. The molecule has 0 aromatic carbocycles. The summed E-state index contributed by atoms with van der Waals surface area (Å²) in [4.78, 5) is 29.6. The number of sulfonamides is 1. The molecule has 2 aliphatic heterocycles. The van der Waals surface area contributed by atoms with Gasteiger partial charge < -0.3 is 10.2 Å². The van der Waals surface area contributed by atoms with Gasteiger partial charge in [0.25, 0.3) is 15.9 Å². The average Bonchev–Trinajstić information content (AvgIpc) is 2.70. The Kier molecular flexibility index (Phi) is 3.38. The Morgan fingerprint density at radius 2 is 2.05 bits per heavy atom. The van der Waals surface area contributed by atoms with E-state index in [1.165, 1.54) is 18.3 Å². The van der Waals surface area contributed by atoms with Gasteiger partial charge in [0.1, 0.15) is 6.54 Å². The Labute approximate surface area is 121 Å². The third-order valence-electron chi connectivity index (χ3n) is 3.51. The van der Waals surface area contributed by atoms with Crippen LogP contribution in [0.3, 0.4) is 0 Å². The molecule has 0 atom stereocenters. The maximum absolute atomic E-state index is 12.3. The molecule has 1 saturated heterocycles. The molecule has 1 N–H and O–H groups in total. The third kappa shape index (κ3) is 2.28. The van der Waals surface area contributed by atoms with Crippen LogP contribution < -0.4 is 5.32 Å². The van der Waals surface area contributed by atoms with Crippen LogP contribution in [0.2, 0.25) is 0 Å². The Bertz CT molecular complexity index is 697. The molecule has 0 aliphatic carbocycles. The summed E-state index contributed by atoms with van der Waals surface area (Å²) >= 11 is 0. The maximum atomic E-state index is 12.3. The summed E-state index contributed by atoms with van der Waals surface area (Å²) < 4.78 is 25.2. The molecule has 0 bridgehead atoms. The van der Waals surface area contributed by atoms with Crippen molar-refractivity contribution in [1.82, 2.24) is 19.5 Å². The monoisotopic (exact) mass is 310 g/mol. The number of amides is 2. The molecule has 0 unspecified atom stereocenters. The lowest BCUT2D eigenvalue weighted by Crippen LogP contribution is -2.50. The fourth-order valence-electron chi connectivity index (χ4n) is 2.40. The summed E-state index contributed by atoms with van der Waals surface area (Å²) in [5, 5.41) is 2.82. The first kappa shape index (κ1) is 14.0. The number of carbonyl (C=O) groups is 2. The highest BCUT2D eigenvalue weighted by Crippen LogP contribution is 2.27. The first-order chi connectivity index (χ1) is 10.0. The molecule has 112 valence electrons. The highest BCUT2D eigenvalue weighted by molar-refractivity contribution is 7.90. The van der Waals surface area contributed by atoms with Crippen molar-refractivity contribution in [2.24, 2.45) is 0 Å². The van der Waals surface area contributed by atoms with Crippen LogP contribution in [0.25, 0.3) is 0 Å². The molecular weight excluding hydrogens is 296 g/mol. The van der Waals surface area contributed by atoms with Crippen molar-refractivity contribution < 1.29 is 18.0 Å². The molecule has 2 aliphatic rings. The van der Waals surface area contributed by atoms with Crippen LogP contribution in [0.1, 0.15) is 10.4 Å². The minimum absolute atomic E-state index is 0.0191. The molecule has 1 aromatic heterocycles. The summed E-state index contributed by atoms with van der Waals surface area (Å²) in [5.41, 5.74) is 0.0191. The van der Waals surface area contributed by atoms with Crippen LogP contribution in [0.15, 0.2) is 23.4 Å². The first-order valence-electron chi connectivity index (χ1n) is 6.52. The molecule has 9 heteroatoms. The van der Waals surface area contributed by atoms with E-state index in [-0.39, 0.29) is 16.5 Å². The molecule has 3 rings (SSSR count). The molecule has 0 radical (unpaired) electrons. The number of hydrogen-bond acceptors (Lipinski definition) is 6. The number of fused-ring (bicyclic) bond motifs is 1. The van der Waals surface area contributed by atoms with E-state index in [4.69, 9.17) is 0 Å². The van der Waals surface area contributed by atoms with Crippen LogP contribution in [0.4, 0.5) is 0 Å². The van der Waals surface area contributed by atoms with Crippen molar-refractivity contribution in [3.05, 3.63) is 23.9 Å². The standard InChI is InChI=1S/C12H14N4O4S/c17-10(15-6-4-13-5-7-15)8-16-12(18)9-2-1-3-14-11(9)21(16,19)20/h1-3,13H,4-8H2. The Balaban J connectivity index is 1.84. The SMILES string of the molecule is O=C(CN1C(=O)c2cccnc2S1(=O)=O)N1CCNCC1. The van der Waals surface area contributed by atoms with Gasteiger partial charge in [-0.15, -0.1) is 0 Å². The lowest BCUT2D eigenvalue weighted by atomic mass is 10.2. The van der Waals surface area contributed by atoms with Gasteiger partial charge in [-0.05, 0) is 12.1 Å². The molecule has 21 heavy (non-hydrogen) atoms. The number of aromatic nitrogens is 1. The van der Waals surface area contributed by atoms with Crippen LogP contribution in [-0.4, -0.2) is 67.1 Å². The van der Waals surface area contributed by atoms with E-state index in [1.807, 2.05) is 0 Å². The van der Waals surface area contributed by atoms with Gasteiger partial charge in [0, 0.05) is 32.4 Å². The van der Waals surface area contributed by atoms with Crippen LogP contribution in [0.5, 0.6) is 0 Å². The van der Waals surface area contributed by atoms with Gasteiger partial charge in [-0.1, -0.05) is 0 Å². The van der Waals surface area contributed by atoms with Gasteiger partial charge in [0.2, 0.25) is 5.91 Å². The molecule has 0 saturated carbocycles. The zero-order valence-electron chi connectivity index (χ0n) is 11.2. The highest BCUT2D eigenvalue weighted by atomic mass is 32.2. The lowest BCUT2D eigenvalue weighted by molar-refractivity contribution is -0.131. The summed E-state index contributed by atoms with van der Waals surface area (Å²) in [6, 6.07) is 2.89. The topological polar surface area (TPSA) is 99.7 Å². The van der Waals surface area contributed by atoms with Crippen LogP contribution in [0, 0.1) is 0 Å². The second-order valence-electron chi connectivity index (χ2n) is 4.80. The van der Waals surface area contributed by atoms with Crippen LogP contribution >= 0.6 is 0 Å². The number of nitrogens with zero attached hydrogens (tertiary/aromatic N) is 3. The van der Waals surface area contributed by atoms with Gasteiger partial charge >= 0.3 is 0 Å². The Morgan fingerprint density at radius 3 is 2.71 bits per heavy atom. The lowest BCUT2D eigenvalue weighted by Gasteiger charge is -2.28. The summed E-state index contributed by atoms with van der Waals surface area (Å²) in [6.07, 6.45) is 1.31. The van der Waals surface area contributed by atoms with E-state index in [0.29, 0.717) is 30.5 Å². The van der Waals surface area contributed by atoms with Gasteiger partial charge in [0.05, 0.1) is 5.56 Å². The highest BCUT2D eigenvalue weighted by Gasteiger charge is 2.43. The number of rotatable bonds is 2. The van der Waals surface area contributed by atoms with Crippen molar-refractivity contribution >= 4 is 21.8 Å². The minimum Gasteiger partial charge on any atom is -0.339 e. The van der Waals surface area contributed by atoms with Gasteiger partial charge in [0.15, 0.2) is 5.03 Å². The maximum Gasteiger partial charge on any atom is 0.285 e. The molecule has 8 nitrogen and oxygen atoms in total. The molecule has 1 aromatic rings. The van der Waals surface area contributed by atoms with Crippen molar-refractivity contribution in [3.63, 3.8) is 0 Å². The summed E-state index contributed by atoms with van der Waals surface area (Å²) in [7, 11) is -4.02. The van der Waals surface area contributed by atoms with Gasteiger partial charge in [-0.3, -0.25) is 9.59 Å². The summed E-state index contributed by atoms with van der Waals surface area (Å²) in [5.74, 6) is -1.07. The molecule has 2 amide bonds. The zero-order valence-corrected chi connectivity index (χ0v) is 12.0. The number of pyridine rings is 1. The second-order valence-corrected chi connectivity index (χ2v) is 6.58. The number of nitrogens with one attached hydrogen (secondary N) is 1. The van der Waals surface area contributed by atoms with Gasteiger partial charge in [-0.25, -0.2) is 9.29 Å². The predicted molar refractivity (Wildman–Crippen MR) is 71.9 cm³/mol. The number of piperazine rings is 1.